The molecule has 0 aromatic heterocycles. The Bertz CT molecular complexity index is 435. The second-order valence-electron chi connectivity index (χ2n) is 3.48. The van der Waals surface area contributed by atoms with Crippen molar-refractivity contribution in [3.05, 3.63) is 28.2 Å². The van der Waals surface area contributed by atoms with E-state index in [2.05, 4.69) is 0 Å². The average molecular weight is 295 g/mol. The van der Waals surface area contributed by atoms with Crippen LogP contribution in [0.1, 0.15) is 19.3 Å². The first-order chi connectivity index (χ1) is 8.00. The van der Waals surface area contributed by atoms with E-state index in [1.807, 2.05) is 0 Å². The molecule has 0 aliphatic rings. The van der Waals surface area contributed by atoms with E-state index in [1.54, 1.807) is 18.2 Å². The smallest absolute Gasteiger partial charge is 0.303 e. The Hall–Kier alpha value is -0.580. The van der Waals surface area contributed by atoms with E-state index in [9.17, 15) is 9.00 Å². The first-order valence-electron chi connectivity index (χ1n) is 5.06. The standard InChI is InChI=1S/C11H12Cl2O3S/c12-9-5-4-8(7-10(9)13)17(16)6-2-1-3-11(14)15/h4-5,7H,1-3,6H2,(H,14,15). The van der Waals surface area contributed by atoms with Crippen molar-refractivity contribution >= 4 is 40.0 Å². The number of carboxylic acid groups (broad SMARTS) is 1. The van der Waals surface area contributed by atoms with Crippen LogP contribution >= 0.6 is 23.2 Å². The molecule has 0 aliphatic carbocycles. The molecule has 0 heterocycles. The van der Waals surface area contributed by atoms with Gasteiger partial charge in [-0.3, -0.25) is 9.00 Å². The molecule has 1 rings (SSSR count). The van der Waals surface area contributed by atoms with Crippen molar-refractivity contribution in [1.82, 2.24) is 0 Å². The second-order valence-corrected chi connectivity index (χ2v) is 5.86. The minimum atomic E-state index is -1.15. The molecule has 0 aliphatic heterocycles. The maximum Gasteiger partial charge on any atom is 0.303 e. The van der Waals surface area contributed by atoms with Gasteiger partial charge >= 0.3 is 5.97 Å². The molecule has 1 unspecified atom stereocenters. The molecule has 0 saturated heterocycles. The molecule has 1 atom stereocenters. The highest BCUT2D eigenvalue weighted by molar-refractivity contribution is 7.85. The fourth-order valence-corrected chi connectivity index (χ4v) is 2.78. The summed E-state index contributed by atoms with van der Waals surface area (Å²) in [6.07, 6.45) is 1.25. The number of carbonyl (C=O) groups is 1. The summed E-state index contributed by atoms with van der Waals surface area (Å²) in [5.74, 6) is -0.393. The van der Waals surface area contributed by atoms with E-state index in [0.29, 0.717) is 33.5 Å². The Balaban J connectivity index is 2.47. The van der Waals surface area contributed by atoms with Crippen molar-refractivity contribution in [2.75, 3.05) is 5.75 Å². The fraction of sp³-hybridized carbons (Fsp3) is 0.364. The molecule has 0 amide bonds. The molecular formula is C11H12Cl2O3S. The van der Waals surface area contributed by atoms with Crippen LogP contribution < -0.4 is 0 Å². The summed E-state index contributed by atoms with van der Waals surface area (Å²) in [6.45, 7) is 0. The topological polar surface area (TPSA) is 54.4 Å². The van der Waals surface area contributed by atoms with E-state index >= 15 is 0 Å². The van der Waals surface area contributed by atoms with Gasteiger partial charge in [-0.15, -0.1) is 0 Å². The maximum absolute atomic E-state index is 11.8. The zero-order chi connectivity index (χ0) is 12.8. The van der Waals surface area contributed by atoms with Crippen LogP contribution in [0.4, 0.5) is 0 Å². The van der Waals surface area contributed by atoms with Gasteiger partial charge in [0.2, 0.25) is 0 Å². The van der Waals surface area contributed by atoms with Crippen LogP contribution in [0.5, 0.6) is 0 Å². The molecule has 0 spiro atoms. The lowest BCUT2D eigenvalue weighted by atomic mass is 10.2. The molecule has 94 valence electrons. The van der Waals surface area contributed by atoms with Gasteiger partial charge in [-0.25, -0.2) is 0 Å². The van der Waals surface area contributed by atoms with E-state index < -0.39 is 16.8 Å². The van der Waals surface area contributed by atoms with Crippen LogP contribution in [0.2, 0.25) is 10.0 Å². The predicted octanol–water partition coefficient (Wildman–Crippen LogP) is 3.36. The number of hydrogen-bond donors (Lipinski definition) is 1. The third-order valence-electron chi connectivity index (χ3n) is 2.12. The Morgan fingerprint density at radius 1 is 1.24 bits per heavy atom. The lowest BCUT2D eigenvalue weighted by Gasteiger charge is -2.03. The van der Waals surface area contributed by atoms with E-state index in [4.69, 9.17) is 28.3 Å². The molecule has 0 fully saturated rings. The summed E-state index contributed by atoms with van der Waals surface area (Å²) < 4.78 is 11.8. The molecule has 0 bridgehead atoms. The summed E-state index contributed by atoms with van der Waals surface area (Å²) in [5, 5.41) is 9.26. The zero-order valence-electron chi connectivity index (χ0n) is 8.99. The molecular weight excluding hydrogens is 283 g/mol. The molecule has 1 aromatic rings. The SMILES string of the molecule is O=C(O)CCCCS(=O)c1ccc(Cl)c(Cl)c1. The first-order valence-corrected chi connectivity index (χ1v) is 7.13. The molecule has 17 heavy (non-hydrogen) atoms. The van der Waals surface area contributed by atoms with E-state index in [1.165, 1.54) is 0 Å². The van der Waals surface area contributed by atoms with Crippen LogP contribution in [0.15, 0.2) is 23.1 Å². The summed E-state index contributed by atoms with van der Waals surface area (Å²) >= 11 is 11.6. The van der Waals surface area contributed by atoms with Gasteiger partial charge in [0, 0.05) is 17.1 Å². The van der Waals surface area contributed by atoms with E-state index in [-0.39, 0.29) is 6.42 Å². The third kappa shape index (κ3) is 5.06. The maximum atomic E-state index is 11.8. The van der Waals surface area contributed by atoms with Crippen LogP contribution in [0, 0.1) is 0 Å². The normalized spacial score (nSPS) is 12.4. The van der Waals surface area contributed by atoms with Gasteiger partial charge in [0.1, 0.15) is 0 Å². The van der Waals surface area contributed by atoms with Crippen LogP contribution in [-0.2, 0) is 15.6 Å². The number of rotatable bonds is 6. The largest absolute Gasteiger partial charge is 0.481 e. The number of aliphatic carboxylic acids is 1. The number of carboxylic acids is 1. The summed E-state index contributed by atoms with van der Waals surface area (Å²) in [4.78, 5) is 10.9. The van der Waals surface area contributed by atoms with Crippen LogP contribution in [-0.4, -0.2) is 21.0 Å². The highest BCUT2D eigenvalue weighted by Gasteiger charge is 2.07. The van der Waals surface area contributed by atoms with Crippen molar-refractivity contribution < 1.29 is 14.1 Å². The van der Waals surface area contributed by atoms with Crippen molar-refractivity contribution in [2.24, 2.45) is 0 Å². The molecule has 1 aromatic carbocycles. The number of halogens is 2. The first kappa shape index (κ1) is 14.5. The minimum absolute atomic E-state index is 0.110. The monoisotopic (exact) mass is 294 g/mol. The van der Waals surface area contributed by atoms with Crippen molar-refractivity contribution in [2.45, 2.75) is 24.2 Å². The number of hydrogen-bond acceptors (Lipinski definition) is 2. The van der Waals surface area contributed by atoms with Crippen LogP contribution in [0.3, 0.4) is 0 Å². The Morgan fingerprint density at radius 3 is 2.53 bits per heavy atom. The van der Waals surface area contributed by atoms with Crippen molar-refractivity contribution in [1.29, 1.82) is 0 Å². The second kappa shape index (κ2) is 6.99. The summed E-state index contributed by atoms with van der Waals surface area (Å²) in [5.41, 5.74) is 0. The van der Waals surface area contributed by atoms with Crippen LogP contribution in [0.25, 0.3) is 0 Å². The predicted molar refractivity (Wildman–Crippen MR) is 69.2 cm³/mol. The van der Waals surface area contributed by atoms with Gasteiger partial charge in [-0.1, -0.05) is 23.2 Å². The Morgan fingerprint density at radius 2 is 1.94 bits per heavy atom. The lowest BCUT2D eigenvalue weighted by molar-refractivity contribution is -0.137. The van der Waals surface area contributed by atoms with Gasteiger partial charge in [0.05, 0.1) is 20.8 Å². The Kier molecular flexibility index (Phi) is 5.95. The van der Waals surface area contributed by atoms with Crippen molar-refractivity contribution in [3.8, 4) is 0 Å². The Labute approximate surface area is 112 Å². The minimum Gasteiger partial charge on any atom is -0.481 e. The highest BCUT2D eigenvalue weighted by Crippen LogP contribution is 2.24. The highest BCUT2D eigenvalue weighted by atomic mass is 35.5. The quantitative estimate of drug-likeness (QED) is 0.819. The molecule has 1 N–H and O–H groups in total. The summed E-state index contributed by atoms with van der Waals surface area (Å²) in [7, 11) is -1.15. The molecule has 6 heteroatoms. The summed E-state index contributed by atoms with van der Waals surface area (Å²) in [6, 6.07) is 4.85. The van der Waals surface area contributed by atoms with Gasteiger partial charge in [0.25, 0.3) is 0 Å². The number of unbranched alkanes of at least 4 members (excludes halogenated alkanes) is 1. The van der Waals surface area contributed by atoms with Gasteiger partial charge in [-0.2, -0.15) is 0 Å². The van der Waals surface area contributed by atoms with Gasteiger partial charge in [0.15, 0.2) is 0 Å². The third-order valence-corrected chi connectivity index (χ3v) is 4.30. The molecule has 0 radical (unpaired) electrons. The fourth-order valence-electron chi connectivity index (χ4n) is 1.25. The van der Waals surface area contributed by atoms with E-state index in [0.717, 1.165) is 0 Å². The lowest BCUT2D eigenvalue weighted by Crippen LogP contribution is -2.00. The van der Waals surface area contributed by atoms with Gasteiger partial charge < -0.3 is 5.11 Å². The molecule has 3 nitrogen and oxygen atoms in total. The van der Waals surface area contributed by atoms with Crippen molar-refractivity contribution in [3.63, 3.8) is 0 Å². The molecule has 0 saturated carbocycles. The number of benzene rings is 1. The zero-order valence-corrected chi connectivity index (χ0v) is 11.3. The average Bonchev–Trinajstić information content (AvgIpc) is 2.27. The van der Waals surface area contributed by atoms with Gasteiger partial charge in [-0.05, 0) is 31.0 Å².